The molecule has 0 aliphatic rings. The van der Waals surface area contributed by atoms with Gasteiger partial charge in [0.25, 0.3) is 0 Å². The van der Waals surface area contributed by atoms with Crippen LogP contribution in [-0.4, -0.2) is 35.6 Å². The van der Waals surface area contributed by atoms with Gasteiger partial charge in [-0.25, -0.2) is 4.79 Å². The molecule has 0 saturated carbocycles. The van der Waals surface area contributed by atoms with Crippen LogP contribution in [0.2, 0.25) is 0 Å². The number of hydrogen-bond donors (Lipinski definition) is 6. The number of aliphatic imine (C=N–C) groups is 1. The van der Waals surface area contributed by atoms with Crippen LogP contribution in [0.5, 0.6) is 0 Å². The third-order valence-corrected chi connectivity index (χ3v) is 1.59. The van der Waals surface area contributed by atoms with Crippen LogP contribution in [0.15, 0.2) is 10.1 Å². The highest BCUT2D eigenvalue weighted by Gasteiger charge is 2.15. The lowest BCUT2D eigenvalue weighted by atomic mass is 10.2. The molecule has 0 aliphatic heterocycles. The molecule has 0 rings (SSSR count). The molecule has 16 heavy (non-hydrogen) atoms. The molecule has 0 radical (unpaired) electrons. The van der Waals surface area contributed by atoms with Crippen LogP contribution >= 0.6 is 0 Å². The molecule has 1 atom stereocenters. The van der Waals surface area contributed by atoms with E-state index < -0.39 is 12.0 Å². The Kier molecular flexibility index (Phi) is 6.17. The third-order valence-electron chi connectivity index (χ3n) is 1.59. The predicted molar refractivity (Wildman–Crippen MR) is 60.3 cm³/mol. The molecule has 0 saturated heterocycles. The van der Waals surface area contributed by atoms with Crippen molar-refractivity contribution in [1.29, 1.82) is 0 Å². The predicted octanol–water partition coefficient (Wildman–Crippen LogP) is -2.73. The monoisotopic (exact) mass is 233 g/mol. The number of guanidine groups is 2. The first-order valence-electron chi connectivity index (χ1n) is 4.56. The van der Waals surface area contributed by atoms with E-state index in [1.807, 2.05) is 0 Å². The van der Waals surface area contributed by atoms with Crippen LogP contribution in [0.25, 0.3) is 0 Å². The standard InChI is InChI=1S/C7H17N7O2/c8-6(9)12-3-1-2-4(5(15)16)13-14-7(10)11/h4,13H,1-3H2,(H,15,16)(H4,8,9,12)(H4,10,11,14)/t4-/m0/s1/i7+2. The second-order valence-corrected chi connectivity index (χ2v) is 3.01. The van der Waals surface area contributed by atoms with Crippen LogP contribution in [-0.2, 0) is 4.79 Å². The molecule has 0 unspecified atom stereocenters. The quantitative estimate of drug-likeness (QED) is 0.119. The molecule has 0 aromatic carbocycles. The van der Waals surface area contributed by atoms with Crippen molar-refractivity contribution in [1.82, 2.24) is 5.43 Å². The number of nitrogens with two attached hydrogens (primary N) is 4. The van der Waals surface area contributed by atoms with Crippen molar-refractivity contribution in [2.24, 2.45) is 33.0 Å². The van der Waals surface area contributed by atoms with Crippen molar-refractivity contribution in [2.45, 2.75) is 18.9 Å². The molecule has 0 aliphatic carbocycles. The summed E-state index contributed by atoms with van der Waals surface area (Å²) < 4.78 is 0. The SMILES string of the molecule is NC(N)=NCCC[C@H](NN=[14C](N)N)C(=O)O. The molecular formula is C7H17N7O2. The van der Waals surface area contributed by atoms with E-state index in [0.29, 0.717) is 19.4 Å². The minimum absolute atomic E-state index is 0.0240. The molecular weight excluding hydrogens is 216 g/mol. The van der Waals surface area contributed by atoms with Crippen LogP contribution < -0.4 is 28.4 Å². The number of nitrogens with one attached hydrogen (secondary N) is 1. The topological polar surface area (TPSA) is 178 Å². The van der Waals surface area contributed by atoms with E-state index in [1.54, 1.807) is 0 Å². The van der Waals surface area contributed by atoms with Crippen molar-refractivity contribution in [3.8, 4) is 0 Å². The van der Waals surface area contributed by atoms with Gasteiger partial charge < -0.3 is 28.0 Å². The number of hydrazone groups is 1. The molecule has 0 bridgehead atoms. The number of carboxylic acids is 1. The summed E-state index contributed by atoms with van der Waals surface area (Å²) in [6.07, 6.45) is 0.810. The number of aliphatic carboxylic acids is 1. The second-order valence-electron chi connectivity index (χ2n) is 3.01. The fourth-order valence-electron chi connectivity index (χ4n) is 0.899. The molecule has 0 aromatic rings. The van der Waals surface area contributed by atoms with Gasteiger partial charge in [-0.15, -0.1) is 5.10 Å². The highest BCUT2D eigenvalue weighted by Crippen LogP contribution is 1.98. The van der Waals surface area contributed by atoms with E-state index in [1.165, 1.54) is 0 Å². The van der Waals surface area contributed by atoms with Gasteiger partial charge in [-0.3, -0.25) is 10.4 Å². The van der Waals surface area contributed by atoms with Gasteiger partial charge in [0, 0.05) is 6.54 Å². The normalized spacial score (nSPS) is 11.2. The van der Waals surface area contributed by atoms with Crippen molar-refractivity contribution in [3.63, 3.8) is 0 Å². The van der Waals surface area contributed by atoms with Gasteiger partial charge in [-0.1, -0.05) is 0 Å². The summed E-state index contributed by atoms with van der Waals surface area (Å²) in [7, 11) is 0. The van der Waals surface area contributed by atoms with Gasteiger partial charge in [0.1, 0.15) is 6.04 Å². The van der Waals surface area contributed by atoms with Crippen LogP contribution in [0.4, 0.5) is 0 Å². The first kappa shape index (κ1) is 13.8. The lowest BCUT2D eigenvalue weighted by molar-refractivity contribution is -0.139. The molecule has 9 heteroatoms. The Bertz CT molecular complexity index is 280. The minimum Gasteiger partial charge on any atom is -0.480 e. The molecule has 0 aromatic heterocycles. The zero-order valence-electron chi connectivity index (χ0n) is 8.76. The fourth-order valence-corrected chi connectivity index (χ4v) is 0.899. The van der Waals surface area contributed by atoms with E-state index in [2.05, 4.69) is 15.5 Å². The largest absolute Gasteiger partial charge is 0.480 e. The maximum absolute atomic E-state index is 10.7. The first-order chi connectivity index (χ1) is 7.43. The Balaban J connectivity index is 4.00. The molecule has 0 spiro atoms. The Morgan fingerprint density at radius 3 is 2.50 bits per heavy atom. The Hall–Kier alpha value is -2.19. The summed E-state index contributed by atoms with van der Waals surface area (Å²) in [5.74, 6) is -1.30. The Morgan fingerprint density at radius 2 is 2.06 bits per heavy atom. The van der Waals surface area contributed by atoms with E-state index in [9.17, 15) is 4.79 Å². The van der Waals surface area contributed by atoms with E-state index >= 15 is 0 Å². The highest BCUT2D eigenvalue weighted by atomic mass is 16.4. The minimum atomic E-state index is -1.05. The third kappa shape index (κ3) is 7.24. The van der Waals surface area contributed by atoms with E-state index in [4.69, 9.17) is 28.0 Å². The lowest BCUT2D eigenvalue weighted by Crippen LogP contribution is -2.36. The van der Waals surface area contributed by atoms with Crippen LogP contribution in [0.3, 0.4) is 0 Å². The summed E-state index contributed by atoms with van der Waals surface area (Å²) in [4.78, 5) is 14.5. The van der Waals surface area contributed by atoms with Crippen molar-refractivity contribution in [3.05, 3.63) is 0 Å². The Morgan fingerprint density at radius 1 is 1.44 bits per heavy atom. The van der Waals surface area contributed by atoms with E-state index in [0.717, 1.165) is 0 Å². The maximum Gasteiger partial charge on any atom is 0.327 e. The van der Waals surface area contributed by atoms with Gasteiger partial charge in [-0.05, 0) is 12.8 Å². The second kappa shape index (κ2) is 7.15. The van der Waals surface area contributed by atoms with Gasteiger partial charge in [0.2, 0.25) is 5.96 Å². The number of rotatable bonds is 7. The zero-order chi connectivity index (χ0) is 12.6. The molecule has 0 amide bonds. The first-order valence-corrected chi connectivity index (χ1v) is 4.56. The van der Waals surface area contributed by atoms with Gasteiger partial charge in [-0.2, -0.15) is 0 Å². The molecule has 0 fully saturated rings. The van der Waals surface area contributed by atoms with Crippen molar-refractivity contribution in [2.75, 3.05) is 6.54 Å². The van der Waals surface area contributed by atoms with Gasteiger partial charge in [0.05, 0.1) is 0 Å². The van der Waals surface area contributed by atoms with Crippen LogP contribution in [0, 0.1) is 0 Å². The summed E-state index contributed by atoms with van der Waals surface area (Å²) in [6.45, 7) is 0.357. The van der Waals surface area contributed by atoms with Crippen molar-refractivity contribution < 1.29 is 9.90 Å². The summed E-state index contributed by atoms with van der Waals surface area (Å²) in [5, 5.41) is 12.2. The summed E-state index contributed by atoms with van der Waals surface area (Å²) in [6, 6.07) is -0.865. The highest BCUT2D eigenvalue weighted by molar-refractivity contribution is 5.77. The number of hydrogen-bond acceptors (Lipinski definition) is 4. The van der Waals surface area contributed by atoms with Crippen molar-refractivity contribution >= 4 is 17.9 Å². The zero-order valence-corrected chi connectivity index (χ0v) is 8.76. The smallest absolute Gasteiger partial charge is 0.327 e. The Labute approximate surface area is 92.6 Å². The van der Waals surface area contributed by atoms with E-state index in [-0.39, 0.29) is 11.9 Å². The van der Waals surface area contributed by atoms with Gasteiger partial charge >= 0.3 is 5.97 Å². The molecule has 10 N–H and O–H groups in total. The van der Waals surface area contributed by atoms with Gasteiger partial charge in [0.15, 0.2) is 5.96 Å². The average Bonchev–Trinajstić information content (AvgIpc) is 2.15. The molecule has 0 heterocycles. The van der Waals surface area contributed by atoms with Crippen LogP contribution in [0.1, 0.15) is 12.8 Å². The maximum atomic E-state index is 10.7. The lowest BCUT2D eigenvalue weighted by Gasteiger charge is -2.10. The fraction of sp³-hybridized carbons (Fsp3) is 0.571. The summed E-state index contributed by atoms with van der Waals surface area (Å²) in [5.41, 5.74) is 22.7. The molecule has 92 valence electrons. The average molecular weight is 233 g/mol. The number of carbonyl (C=O) groups is 1. The number of carboxylic acid groups (broad SMARTS) is 1. The number of nitrogens with zero attached hydrogens (tertiary/aromatic N) is 2. The molecule has 9 nitrogen and oxygen atoms in total. The summed E-state index contributed by atoms with van der Waals surface area (Å²) >= 11 is 0.